The number of aromatic amines is 1. The standard InChI is InChI=1S/C32H26F2N4O4S/c1-5-27(39)29-21-13-20(32-35-16-23(34)30(37-32)25-14-19-22(33)7-6-8-24(19)36-25)26(38(3)43(4,40)41)15-28(21)42-31(29)18-11-9-17(2)10-12-18/h6-16,36H,5H2,1-4H3. The van der Waals surface area contributed by atoms with Gasteiger partial charge in [-0.1, -0.05) is 42.8 Å². The summed E-state index contributed by atoms with van der Waals surface area (Å²) >= 11 is 0. The van der Waals surface area contributed by atoms with Crippen LogP contribution in [0.2, 0.25) is 0 Å². The SMILES string of the molecule is CCC(=O)c1c(-c2ccc(C)cc2)oc2cc(N(C)S(C)(=O)=O)c(-c3ncc(F)c(-c4cc5c(F)cccc5[nH]4)n3)cc12. The van der Waals surface area contributed by atoms with Gasteiger partial charge in [0.2, 0.25) is 10.0 Å². The molecule has 0 aliphatic rings. The van der Waals surface area contributed by atoms with Crippen LogP contribution in [0, 0.1) is 18.6 Å². The molecule has 0 amide bonds. The van der Waals surface area contributed by atoms with Gasteiger partial charge in [-0.05, 0) is 31.2 Å². The third kappa shape index (κ3) is 4.95. The highest BCUT2D eigenvalue weighted by molar-refractivity contribution is 7.92. The Labute approximate surface area is 246 Å². The molecule has 0 fully saturated rings. The highest BCUT2D eigenvalue weighted by Crippen LogP contribution is 2.41. The van der Waals surface area contributed by atoms with Crippen LogP contribution in [0.4, 0.5) is 14.5 Å². The van der Waals surface area contributed by atoms with Crippen LogP contribution in [0.1, 0.15) is 29.3 Å². The van der Waals surface area contributed by atoms with Crippen LogP contribution in [-0.2, 0) is 10.0 Å². The molecule has 0 atom stereocenters. The van der Waals surface area contributed by atoms with E-state index in [-0.39, 0.29) is 51.6 Å². The third-order valence-electron chi connectivity index (χ3n) is 7.41. The van der Waals surface area contributed by atoms with Gasteiger partial charge in [0.1, 0.15) is 22.9 Å². The summed E-state index contributed by atoms with van der Waals surface area (Å²) in [6.45, 7) is 3.69. The van der Waals surface area contributed by atoms with E-state index in [9.17, 15) is 17.6 Å². The van der Waals surface area contributed by atoms with E-state index >= 15 is 4.39 Å². The van der Waals surface area contributed by atoms with Crippen molar-refractivity contribution in [1.82, 2.24) is 15.0 Å². The van der Waals surface area contributed by atoms with Crippen molar-refractivity contribution >= 4 is 43.4 Å². The number of halogens is 2. The number of hydrogen-bond acceptors (Lipinski definition) is 6. The number of rotatable bonds is 7. The zero-order valence-electron chi connectivity index (χ0n) is 23.7. The molecule has 8 nitrogen and oxygen atoms in total. The van der Waals surface area contributed by atoms with Crippen LogP contribution in [0.3, 0.4) is 0 Å². The quantitative estimate of drug-likeness (QED) is 0.193. The number of sulfonamides is 1. The van der Waals surface area contributed by atoms with Crippen molar-refractivity contribution in [3.05, 3.63) is 89.6 Å². The molecule has 0 unspecified atom stereocenters. The molecule has 11 heteroatoms. The first-order chi connectivity index (χ1) is 20.5. The third-order valence-corrected chi connectivity index (χ3v) is 8.60. The number of Topliss-reactive ketones (excluding diaryl/α,β-unsaturated/α-hetero) is 1. The van der Waals surface area contributed by atoms with Gasteiger partial charge in [0.15, 0.2) is 17.4 Å². The molecular formula is C32H26F2N4O4S. The topological polar surface area (TPSA) is 109 Å². The predicted octanol–water partition coefficient (Wildman–Crippen LogP) is 7.28. The van der Waals surface area contributed by atoms with Crippen molar-refractivity contribution in [1.29, 1.82) is 0 Å². The molecule has 6 aromatic rings. The molecule has 0 aliphatic carbocycles. The van der Waals surface area contributed by atoms with Gasteiger partial charge in [-0.15, -0.1) is 0 Å². The van der Waals surface area contributed by atoms with Gasteiger partial charge in [0, 0.05) is 47.0 Å². The van der Waals surface area contributed by atoms with Crippen molar-refractivity contribution in [3.63, 3.8) is 0 Å². The van der Waals surface area contributed by atoms with Crippen molar-refractivity contribution in [2.45, 2.75) is 20.3 Å². The number of nitrogens with zero attached hydrogens (tertiary/aromatic N) is 3. The van der Waals surface area contributed by atoms with Crippen molar-refractivity contribution in [3.8, 4) is 34.1 Å². The van der Waals surface area contributed by atoms with Crippen LogP contribution >= 0.6 is 0 Å². The normalized spacial score (nSPS) is 11.9. The fourth-order valence-corrected chi connectivity index (χ4v) is 5.55. The van der Waals surface area contributed by atoms with E-state index in [2.05, 4.69) is 15.0 Å². The number of H-pyrrole nitrogens is 1. The van der Waals surface area contributed by atoms with Crippen LogP contribution in [0.15, 0.2) is 71.3 Å². The number of aryl methyl sites for hydroxylation is 1. The monoisotopic (exact) mass is 600 g/mol. The van der Waals surface area contributed by atoms with E-state index in [1.54, 1.807) is 19.1 Å². The van der Waals surface area contributed by atoms with Crippen molar-refractivity contribution in [2.75, 3.05) is 17.6 Å². The molecule has 43 heavy (non-hydrogen) atoms. The lowest BCUT2D eigenvalue weighted by atomic mass is 9.98. The van der Waals surface area contributed by atoms with Gasteiger partial charge in [-0.2, -0.15) is 0 Å². The summed E-state index contributed by atoms with van der Waals surface area (Å²) < 4.78 is 62.2. The van der Waals surface area contributed by atoms with Gasteiger partial charge in [0.25, 0.3) is 0 Å². The Balaban J connectivity index is 1.63. The van der Waals surface area contributed by atoms with E-state index in [0.29, 0.717) is 27.8 Å². The first kappa shape index (κ1) is 28.2. The lowest BCUT2D eigenvalue weighted by molar-refractivity contribution is 0.0989. The summed E-state index contributed by atoms with van der Waals surface area (Å²) in [5.41, 5.74) is 3.27. The number of ketones is 1. The molecule has 0 radical (unpaired) electrons. The Kier molecular flexibility index (Phi) is 6.84. The Morgan fingerprint density at radius 1 is 1.02 bits per heavy atom. The maximum Gasteiger partial charge on any atom is 0.232 e. The van der Waals surface area contributed by atoms with Gasteiger partial charge >= 0.3 is 0 Å². The largest absolute Gasteiger partial charge is 0.455 e. The maximum atomic E-state index is 15.1. The number of aromatic nitrogens is 3. The smallest absolute Gasteiger partial charge is 0.232 e. The number of carbonyl (C=O) groups is 1. The summed E-state index contributed by atoms with van der Waals surface area (Å²) in [5.74, 6) is -1.06. The van der Waals surface area contributed by atoms with E-state index in [1.807, 2.05) is 31.2 Å². The highest BCUT2D eigenvalue weighted by Gasteiger charge is 2.27. The van der Waals surface area contributed by atoms with Gasteiger partial charge in [-0.25, -0.2) is 27.2 Å². The molecular weight excluding hydrogens is 574 g/mol. The number of fused-ring (bicyclic) bond motifs is 2. The minimum absolute atomic E-state index is 0.00379. The second kappa shape index (κ2) is 10.4. The average Bonchev–Trinajstić information content (AvgIpc) is 3.58. The zero-order chi connectivity index (χ0) is 30.6. The minimum atomic E-state index is -3.78. The van der Waals surface area contributed by atoms with E-state index in [4.69, 9.17) is 4.42 Å². The van der Waals surface area contributed by atoms with Crippen LogP contribution < -0.4 is 4.31 Å². The Hall–Kier alpha value is -4.90. The number of hydrogen-bond donors (Lipinski definition) is 1. The van der Waals surface area contributed by atoms with Crippen LogP contribution in [-0.4, -0.2) is 42.5 Å². The molecule has 3 heterocycles. The molecule has 0 saturated carbocycles. The fraction of sp³-hybridized carbons (Fsp3) is 0.156. The number of nitrogens with one attached hydrogen (secondary N) is 1. The Morgan fingerprint density at radius 3 is 2.44 bits per heavy atom. The van der Waals surface area contributed by atoms with Gasteiger partial charge in [-0.3, -0.25) is 9.10 Å². The lowest BCUT2D eigenvalue weighted by Crippen LogP contribution is -2.25. The van der Waals surface area contributed by atoms with Crippen LogP contribution in [0.25, 0.3) is 56.0 Å². The van der Waals surface area contributed by atoms with Crippen molar-refractivity contribution < 1.29 is 26.4 Å². The maximum absolute atomic E-state index is 15.1. The van der Waals surface area contributed by atoms with Gasteiger partial charge < -0.3 is 9.40 Å². The molecule has 0 aliphatic heterocycles. The highest BCUT2D eigenvalue weighted by atomic mass is 32.2. The molecule has 0 spiro atoms. The summed E-state index contributed by atoms with van der Waals surface area (Å²) in [6, 6.07) is 16.6. The number of anilines is 1. The average molecular weight is 601 g/mol. The van der Waals surface area contributed by atoms with E-state index < -0.39 is 21.7 Å². The summed E-state index contributed by atoms with van der Waals surface area (Å²) in [5, 5.41) is 0.700. The minimum Gasteiger partial charge on any atom is -0.455 e. The zero-order valence-corrected chi connectivity index (χ0v) is 24.5. The molecule has 6 rings (SSSR count). The van der Waals surface area contributed by atoms with E-state index in [1.165, 1.54) is 31.3 Å². The number of furan rings is 1. The molecule has 3 aromatic carbocycles. The first-order valence-electron chi connectivity index (χ1n) is 13.4. The van der Waals surface area contributed by atoms with E-state index in [0.717, 1.165) is 22.3 Å². The Morgan fingerprint density at radius 2 is 1.77 bits per heavy atom. The predicted molar refractivity (Wildman–Crippen MR) is 162 cm³/mol. The second-order valence-electron chi connectivity index (χ2n) is 10.3. The summed E-state index contributed by atoms with van der Waals surface area (Å²) in [6.07, 6.45) is 2.21. The summed E-state index contributed by atoms with van der Waals surface area (Å²) in [4.78, 5) is 24.9. The lowest BCUT2D eigenvalue weighted by Gasteiger charge is -2.20. The molecule has 0 saturated heterocycles. The fourth-order valence-electron chi connectivity index (χ4n) is 5.04. The first-order valence-corrected chi connectivity index (χ1v) is 15.3. The van der Waals surface area contributed by atoms with Crippen LogP contribution in [0.5, 0.6) is 0 Å². The molecule has 3 aromatic heterocycles. The second-order valence-corrected chi connectivity index (χ2v) is 12.3. The number of benzene rings is 3. The summed E-state index contributed by atoms with van der Waals surface area (Å²) in [7, 11) is -2.41. The molecule has 1 N–H and O–H groups in total. The number of carbonyl (C=O) groups excluding carboxylic acids is 1. The van der Waals surface area contributed by atoms with Gasteiger partial charge in [0.05, 0.1) is 29.4 Å². The van der Waals surface area contributed by atoms with Crippen molar-refractivity contribution in [2.24, 2.45) is 0 Å². The molecule has 218 valence electrons. The molecule has 0 bridgehead atoms. The Bertz CT molecular complexity index is 2170.